The van der Waals surface area contributed by atoms with Gasteiger partial charge in [-0.25, -0.2) is 0 Å². The first-order chi connectivity index (χ1) is 14.1. The smallest absolute Gasteiger partial charge is 0.247 e. The molecule has 0 saturated carbocycles. The van der Waals surface area contributed by atoms with Crippen molar-refractivity contribution < 1.29 is 9.53 Å². The van der Waals surface area contributed by atoms with Crippen LogP contribution in [0.1, 0.15) is 30.5 Å². The van der Waals surface area contributed by atoms with Gasteiger partial charge in [0.1, 0.15) is 12.4 Å². The lowest BCUT2D eigenvalue weighted by Crippen LogP contribution is -2.35. The number of nitrogens with zero attached hydrogens (tertiary/aromatic N) is 1. The highest BCUT2D eigenvalue weighted by Crippen LogP contribution is 2.17. The van der Waals surface area contributed by atoms with E-state index in [1.54, 1.807) is 6.08 Å². The second-order valence-corrected chi connectivity index (χ2v) is 7.23. The van der Waals surface area contributed by atoms with E-state index in [4.69, 9.17) is 4.74 Å². The van der Waals surface area contributed by atoms with E-state index in [0.29, 0.717) is 13.2 Å². The molecule has 0 bridgehead atoms. The summed E-state index contributed by atoms with van der Waals surface area (Å²) in [6.07, 6.45) is 3.48. The van der Waals surface area contributed by atoms with Gasteiger partial charge in [-0.3, -0.25) is 4.79 Å². The van der Waals surface area contributed by atoms with Crippen molar-refractivity contribution in [2.75, 3.05) is 0 Å². The lowest BCUT2D eigenvalue weighted by atomic mass is 10.1. The van der Waals surface area contributed by atoms with Gasteiger partial charge in [0.05, 0.1) is 0 Å². The molecule has 0 aromatic heterocycles. The summed E-state index contributed by atoms with van der Waals surface area (Å²) in [5.74, 6) is 0.785. The molecule has 1 amide bonds. The zero-order valence-corrected chi connectivity index (χ0v) is 17.0. The molecule has 0 heterocycles. The van der Waals surface area contributed by atoms with Crippen LogP contribution in [0.15, 0.2) is 91.0 Å². The lowest BCUT2D eigenvalue weighted by molar-refractivity contribution is -0.128. The van der Waals surface area contributed by atoms with Crippen LogP contribution in [-0.2, 0) is 17.9 Å². The molecule has 3 rings (SSSR count). The van der Waals surface area contributed by atoms with Crippen LogP contribution in [0.5, 0.6) is 5.75 Å². The summed E-state index contributed by atoms with van der Waals surface area (Å²) in [5, 5.41) is 0. The summed E-state index contributed by atoms with van der Waals surface area (Å²) in [7, 11) is 0. The van der Waals surface area contributed by atoms with Crippen molar-refractivity contribution in [3.05, 3.63) is 108 Å². The van der Waals surface area contributed by atoms with Crippen molar-refractivity contribution in [1.29, 1.82) is 0 Å². The second kappa shape index (κ2) is 10.3. The maximum absolute atomic E-state index is 12.8. The van der Waals surface area contributed by atoms with Crippen molar-refractivity contribution >= 4 is 12.0 Å². The SMILES string of the molecule is CC(C)N(Cc1ccccc1)C(=O)/C=C/c1cccc(OCc2ccccc2)c1. The van der Waals surface area contributed by atoms with Crippen molar-refractivity contribution in [3.63, 3.8) is 0 Å². The number of carbonyl (C=O) groups excluding carboxylic acids is 1. The summed E-state index contributed by atoms with van der Waals surface area (Å²) in [5.41, 5.74) is 3.18. The van der Waals surface area contributed by atoms with Crippen LogP contribution in [-0.4, -0.2) is 16.8 Å². The van der Waals surface area contributed by atoms with Crippen LogP contribution in [0, 0.1) is 0 Å². The summed E-state index contributed by atoms with van der Waals surface area (Å²) < 4.78 is 5.87. The molecule has 0 spiro atoms. The Balaban J connectivity index is 1.63. The van der Waals surface area contributed by atoms with Crippen LogP contribution in [0.3, 0.4) is 0 Å². The minimum Gasteiger partial charge on any atom is -0.489 e. The number of benzene rings is 3. The molecule has 0 N–H and O–H groups in total. The van der Waals surface area contributed by atoms with Gasteiger partial charge in [-0.1, -0.05) is 72.8 Å². The van der Waals surface area contributed by atoms with Gasteiger partial charge in [0.2, 0.25) is 5.91 Å². The van der Waals surface area contributed by atoms with Crippen molar-refractivity contribution in [3.8, 4) is 5.75 Å². The van der Waals surface area contributed by atoms with E-state index in [0.717, 1.165) is 22.4 Å². The molecule has 3 aromatic rings. The average molecular weight is 386 g/mol. The molecule has 3 heteroatoms. The van der Waals surface area contributed by atoms with E-state index >= 15 is 0 Å². The average Bonchev–Trinajstić information content (AvgIpc) is 2.76. The number of ether oxygens (including phenoxy) is 1. The minimum absolute atomic E-state index is 0.000500. The highest BCUT2D eigenvalue weighted by molar-refractivity contribution is 5.92. The fourth-order valence-corrected chi connectivity index (χ4v) is 3.01. The van der Waals surface area contributed by atoms with Gasteiger partial charge in [0.15, 0.2) is 0 Å². The van der Waals surface area contributed by atoms with Crippen LogP contribution in [0.4, 0.5) is 0 Å². The Bertz CT molecular complexity index is 933. The van der Waals surface area contributed by atoms with Gasteiger partial charge >= 0.3 is 0 Å². The zero-order chi connectivity index (χ0) is 20.5. The predicted molar refractivity (Wildman–Crippen MR) is 118 cm³/mol. The molecule has 0 saturated heterocycles. The first-order valence-corrected chi connectivity index (χ1v) is 9.91. The van der Waals surface area contributed by atoms with Crippen LogP contribution >= 0.6 is 0 Å². The number of hydrogen-bond acceptors (Lipinski definition) is 2. The largest absolute Gasteiger partial charge is 0.489 e. The van der Waals surface area contributed by atoms with Gasteiger partial charge in [-0.05, 0) is 48.7 Å². The molecule has 3 aromatic carbocycles. The third-order valence-electron chi connectivity index (χ3n) is 4.63. The highest BCUT2D eigenvalue weighted by Gasteiger charge is 2.14. The molecular weight excluding hydrogens is 358 g/mol. The lowest BCUT2D eigenvalue weighted by Gasteiger charge is -2.25. The van der Waals surface area contributed by atoms with E-state index in [1.165, 1.54) is 0 Å². The Labute approximate surface area is 173 Å². The van der Waals surface area contributed by atoms with Crippen LogP contribution in [0.25, 0.3) is 6.08 Å². The van der Waals surface area contributed by atoms with Gasteiger partial charge < -0.3 is 9.64 Å². The molecule has 0 fully saturated rings. The number of amides is 1. The standard InChI is InChI=1S/C26H27NO2/c1-21(2)27(19-23-10-5-3-6-11-23)26(28)17-16-22-14-9-15-25(18-22)29-20-24-12-7-4-8-13-24/h3-18,21H,19-20H2,1-2H3/b17-16+. The molecule has 0 aliphatic carbocycles. The Morgan fingerprint density at radius 2 is 1.55 bits per heavy atom. The van der Waals surface area contributed by atoms with Crippen LogP contribution in [0.2, 0.25) is 0 Å². The fraction of sp³-hybridized carbons (Fsp3) is 0.192. The molecular formula is C26H27NO2. The van der Waals surface area contributed by atoms with E-state index in [2.05, 4.69) is 0 Å². The molecule has 29 heavy (non-hydrogen) atoms. The Kier molecular flexibility index (Phi) is 7.23. The molecule has 148 valence electrons. The predicted octanol–water partition coefficient (Wildman–Crippen LogP) is 5.72. The molecule has 0 radical (unpaired) electrons. The van der Waals surface area contributed by atoms with Gasteiger partial charge in [-0.2, -0.15) is 0 Å². The van der Waals surface area contributed by atoms with Gasteiger partial charge in [0, 0.05) is 18.7 Å². The van der Waals surface area contributed by atoms with E-state index < -0.39 is 0 Å². The summed E-state index contributed by atoms with van der Waals surface area (Å²) in [6, 6.07) is 28.0. The monoisotopic (exact) mass is 385 g/mol. The van der Waals surface area contributed by atoms with Crippen molar-refractivity contribution in [1.82, 2.24) is 4.90 Å². The topological polar surface area (TPSA) is 29.5 Å². The summed E-state index contributed by atoms with van der Waals surface area (Å²) >= 11 is 0. The highest BCUT2D eigenvalue weighted by atomic mass is 16.5. The molecule has 0 aliphatic rings. The Morgan fingerprint density at radius 3 is 2.21 bits per heavy atom. The summed E-state index contributed by atoms with van der Waals surface area (Å²) in [4.78, 5) is 14.6. The number of carbonyl (C=O) groups is 1. The van der Waals surface area contributed by atoms with Crippen molar-refractivity contribution in [2.24, 2.45) is 0 Å². The Hall–Kier alpha value is -3.33. The van der Waals surface area contributed by atoms with E-state index in [9.17, 15) is 4.79 Å². The number of hydrogen-bond donors (Lipinski definition) is 0. The third kappa shape index (κ3) is 6.35. The molecule has 0 aliphatic heterocycles. The first-order valence-electron chi connectivity index (χ1n) is 9.91. The van der Waals surface area contributed by atoms with E-state index in [1.807, 2.05) is 110 Å². The second-order valence-electron chi connectivity index (χ2n) is 7.23. The van der Waals surface area contributed by atoms with Crippen molar-refractivity contribution in [2.45, 2.75) is 33.0 Å². The normalized spacial score (nSPS) is 11.0. The maximum Gasteiger partial charge on any atom is 0.247 e. The third-order valence-corrected chi connectivity index (χ3v) is 4.63. The van der Waals surface area contributed by atoms with Gasteiger partial charge in [-0.15, -0.1) is 0 Å². The van der Waals surface area contributed by atoms with E-state index in [-0.39, 0.29) is 11.9 Å². The van der Waals surface area contributed by atoms with Gasteiger partial charge in [0.25, 0.3) is 0 Å². The quantitative estimate of drug-likeness (QED) is 0.464. The number of rotatable bonds is 8. The maximum atomic E-state index is 12.8. The first kappa shape index (κ1) is 20.4. The molecule has 0 unspecified atom stereocenters. The zero-order valence-electron chi connectivity index (χ0n) is 17.0. The molecule has 3 nitrogen and oxygen atoms in total. The minimum atomic E-state index is -0.000500. The fourth-order valence-electron chi connectivity index (χ4n) is 3.01. The summed E-state index contributed by atoms with van der Waals surface area (Å²) in [6.45, 7) is 5.19. The Morgan fingerprint density at radius 1 is 0.897 bits per heavy atom. The van der Waals surface area contributed by atoms with Crippen LogP contribution < -0.4 is 4.74 Å². The molecule has 0 atom stereocenters.